The molecule has 6 nitrogen and oxygen atoms in total. The molecular weight excluding hydrogens is 386 g/mol. The van der Waals surface area contributed by atoms with Crippen LogP contribution in [0.2, 0.25) is 5.02 Å². The van der Waals surface area contributed by atoms with Crippen LogP contribution in [0.5, 0.6) is 0 Å². The lowest BCUT2D eigenvalue weighted by atomic mass is 10.1. The van der Waals surface area contributed by atoms with Gasteiger partial charge in [-0.15, -0.1) is 0 Å². The molecule has 0 fully saturated rings. The quantitative estimate of drug-likeness (QED) is 0.402. The second-order valence-electron chi connectivity index (χ2n) is 7.03. The molecule has 0 atom stereocenters. The van der Waals surface area contributed by atoms with Gasteiger partial charge in [-0.2, -0.15) is 0 Å². The van der Waals surface area contributed by atoms with Crippen molar-refractivity contribution in [2.45, 2.75) is 13.8 Å². The van der Waals surface area contributed by atoms with Gasteiger partial charge in [0.2, 0.25) is 5.91 Å². The van der Waals surface area contributed by atoms with Crippen LogP contribution in [0.1, 0.15) is 13.8 Å². The zero-order valence-electron chi connectivity index (χ0n) is 16.0. The van der Waals surface area contributed by atoms with E-state index in [1.54, 1.807) is 0 Å². The number of hydrogen-bond acceptors (Lipinski definition) is 4. The van der Waals surface area contributed by atoms with Crippen LogP contribution >= 0.6 is 11.6 Å². The van der Waals surface area contributed by atoms with Crippen molar-refractivity contribution in [2.75, 3.05) is 10.6 Å². The highest BCUT2D eigenvalue weighted by Crippen LogP contribution is 2.30. The monoisotopic (exact) mass is 405 g/mol. The third-order valence-electron chi connectivity index (χ3n) is 4.48. The summed E-state index contributed by atoms with van der Waals surface area (Å²) in [7, 11) is 0. The van der Waals surface area contributed by atoms with E-state index >= 15 is 0 Å². The first-order valence-corrected chi connectivity index (χ1v) is 9.65. The molecule has 4 aromatic rings. The van der Waals surface area contributed by atoms with Gasteiger partial charge in [-0.25, -0.2) is 9.97 Å². The molecule has 0 aliphatic rings. The van der Waals surface area contributed by atoms with Gasteiger partial charge in [0, 0.05) is 33.6 Å². The Morgan fingerprint density at radius 2 is 1.83 bits per heavy atom. The van der Waals surface area contributed by atoms with Crippen LogP contribution < -0.4 is 10.6 Å². The smallest absolute Gasteiger partial charge is 0.226 e. The number of nitrogens with zero attached hydrogens (tertiary/aromatic N) is 2. The zero-order chi connectivity index (χ0) is 20.4. The summed E-state index contributed by atoms with van der Waals surface area (Å²) in [6.45, 7) is 3.73. The van der Waals surface area contributed by atoms with E-state index in [1.165, 1.54) is 6.33 Å². The summed E-state index contributed by atoms with van der Waals surface area (Å²) in [6.07, 6.45) is 1.51. The van der Waals surface area contributed by atoms with Crippen LogP contribution in [0, 0.1) is 5.92 Å². The average molecular weight is 406 g/mol. The summed E-state index contributed by atoms with van der Waals surface area (Å²) in [6, 6.07) is 17.1. The molecule has 0 radical (unpaired) electrons. The van der Waals surface area contributed by atoms with Gasteiger partial charge in [-0.3, -0.25) is 4.79 Å². The number of nitrogens with one attached hydrogen (secondary N) is 3. The Kier molecular flexibility index (Phi) is 5.18. The molecule has 2 heterocycles. The average Bonchev–Trinajstić information content (AvgIpc) is 3.14. The van der Waals surface area contributed by atoms with Crippen LogP contribution in [0.25, 0.3) is 22.3 Å². The minimum absolute atomic E-state index is 0.0160. The Hall–Kier alpha value is -3.38. The van der Waals surface area contributed by atoms with Crippen molar-refractivity contribution in [3.8, 4) is 11.3 Å². The maximum atomic E-state index is 12.0. The van der Waals surface area contributed by atoms with Crippen LogP contribution in [0.3, 0.4) is 0 Å². The number of amides is 1. The van der Waals surface area contributed by atoms with E-state index < -0.39 is 0 Å². The number of carbonyl (C=O) groups is 1. The first-order valence-electron chi connectivity index (χ1n) is 9.27. The van der Waals surface area contributed by atoms with Crippen LogP contribution in [0.4, 0.5) is 17.2 Å². The second kappa shape index (κ2) is 7.93. The van der Waals surface area contributed by atoms with E-state index in [2.05, 4.69) is 25.6 Å². The van der Waals surface area contributed by atoms with E-state index in [0.717, 1.165) is 33.7 Å². The van der Waals surface area contributed by atoms with E-state index in [4.69, 9.17) is 11.6 Å². The Labute approximate surface area is 173 Å². The number of fused-ring (bicyclic) bond motifs is 1. The summed E-state index contributed by atoms with van der Waals surface area (Å²) in [5, 5.41) is 7.73. The number of halogens is 1. The fraction of sp³-hybridized carbons (Fsp3) is 0.136. The molecule has 0 aliphatic heterocycles. The molecule has 7 heteroatoms. The highest BCUT2D eigenvalue weighted by atomic mass is 35.5. The highest BCUT2D eigenvalue weighted by molar-refractivity contribution is 6.30. The molecule has 29 heavy (non-hydrogen) atoms. The number of H-pyrrole nitrogens is 1. The summed E-state index contributed by atoms with van der Waals surface area (Å²) < 4.78 is 0. The third kappa shape index (κ3) is 4.22. The Morgan fingerprint density at radius 3 is 2.62 bits per heavy atom. The maximum absolute atomic E-state index is 12.0. The number of carbonyl (C=O) groups excluding carboxylic acids is 1. The van der Waals surface area contributed by atoms with Gasteiger partial charge in [0.25, 0.3) is 0 Å². The first-order chi connectivity index (χ1) is 14.0. The predicted molar refractivity (Wildman–Crippen MR) is 118 cm³/mol. The summed E-state index contributed by atoms with van der Waals surface area (Å²) in [4.78, 5) is 24.0. The number of benzene rings is 2. The lowest BCUT2D eigenvalue weighted by molar-refractivity contribution is -0.118. The summed E-state index contributed by atoms with van der Waals surface area (Å²) >= 11 is 6.07. The molecule has 0 aliphatic carbocycles. The summed E-state index contributed by atoms with van der Waals surface area (Å²) in [5.74, 6) is 0.587. The Bertz CT molecular complexity index is 1180. The molecule has 2 aromatic carbocycles. The van der Waals surface area contributed by atoms with Crippen LogP contribution in [-0.2, 0) is 4.79 Å². The van der Waals surface area contributed by atoms with E-state index in [1.807, 2.05) is 68.4 Å². The van der Waals surface area contributed by atoms with Crippen molar-refractivity contribution in [3.05, 3.63) is 65.9 Å². The van der Waals surface area contributed by atoms with Crippen molar-refractivity contribution in [3.63, 3.8) is 0 Å². The number of anilines is 3. The van der Waals surface area contributed by atoms with Gasteiger partial charge in [0.15, 0.2) is 0 Å². The molecule has 0 spiro atoms. The molecular formula is C22H20ClN5O. The van der Waals surface area contributed by atoms with Crippen LogP contribution in [-0.4, -0.2) is 20.9 Å². The van der Waals surface area contributed by atoms with Crippen molar-refractivity contribution in [2.24, 2.45) is 5.92 Å². The fourth-order valence-corrected chi connectivity index (χ4v) is 3.14. The van der Waals surface area contributed by atoms with Crippen molar-refractivity contribution >= 4 is 45.7 Å². The van der Waals surface area contributed by atoms with Crippen LogP contribution in [0.15, 0.2) is 60.9 Å². The molecule has 0 saturated carbocycles. The predicted octanol–water partition coefficient (Wildman–Crippen LogP) is 5.62. The Morgan fingerprint density at radius 1 is 1.03 bits per heavy atom. The molecule has 146 valence electrons. The standard InChI is InChI=1S/C22H20ClN5O/c1-13(2)22(29)27-16-7-3-5-14(9-16)19-11-18-20(24-12-25-21(18)28-19)26-17-8-4-6-15(23)10-17/h3-13H,1-2H3,(H,27,29)(H2,24,25,26,28). The van der Waals surface area contributed by atoms with Gasteiger partial charge in [-0.1, -0.05) is 43.6 Å². The number of aromatic amines is 1. The van der Waals surface area contributed by atoms with Gasteiger partial charge in [-0.05, 0) is 36.4 Å². The van der Waals surface area contributed by atoms with Gasteiger partial charge in [0.05, 0.1) is 5.39 Å². The lowest BCUT2D eigenvalue weighted by Gasteiger charge is -2.08. The largest absolute Gasteiger partial charge is 0.340 e. The fourth-order valence-electron chi connectivity index (χ4n) is 2.95. The second-order valence-corrected chi connectivity index (χ2v) is 7.46. The third-order valence-corrected chi connectivity index (χ3v) is 4.71. The Balaban J connectivity index is 1.67. The normalized spacial score (nSPS) is 11.0. The number of rotatable bonds is 5. The number of aromatic nitrogens is 3. The lowest BCUT2D eigenvalue weighted by Crippen LogP contribution is -2.17. The number of hydrogen-bond donors (Lipinski definition) is 3. The molecule has 1 amide bonds. The highest BCUT2D eigenvalue weighted by Gasteiger charge is 2.12. The van der Waals surface area contributed by atoms with Gasteiger partial charge >= 0.3 is 0 Å². The van der Waals surface area contributed by atoms with E-state index in [9.17, 15) is 4.79 Å². The SMILES string of the molecule is CC(C)C(=O)Nc1cccc(-c2cc3c(Nc4cccc(Cl)c4)ncnc3[nH]2)c1. The molecule has 0 saturated heterocycles. The van der Waals surface area contributed by atoms with Crippen molar-refractivity contribution < 1.29 is 4.79 Å². The van der Waals surface area contributed by atoms with E-state index in [0.29, 0.717) is 10.8 Å². The molecule has 3 N–H and O–H groups in total. The minimum Gasteiger partial charge on any atom is -0.340 e. The molecule has 4 rings (SSSR count). The topological polar surface area (TPSA) is 82.7 Å². The minimum atomic E-state index is -0.0814. The summed E-state index contributed by atoms with van der Waals surface area (Å²) in [5.41, 5.74) is 4.14. The van der Waals surface area contributed by atoms with Crippen molar-refractivity contribution in [1.29, 1.82) is 0 Å². The van der Waals surface area contributed by atoms with Gasteiger partial charge < -0.3 is 15.6 Å². The molecule has 2 aromatic heterocycles. The maximum Gasteiger partial charge on any atom is 0.226 e. The first kappa shape index (κ1) is 19.0. The van der Waals surface area contributed by atoms with E-state index in [-0.39, 0.29) is 11.8 Å². The van der Waals surface area contributed by atoms with Gasteiger partial charge in [0.1, 0.15) is 17.8 Å². The molecule has 0 bridgehead atoms. The zero-order valence-corrected chi connectivity index (χ0v) is 16.8. The molecule has 0 unspecified atom stereocenters. The van der Waals surface area contributed by atoms with Crippen molar-refractivity contribution in [1.82, 2.24) is 15.0 Å².